The molecule has 0 aliphatic carbocycles. The van der Waals surface area contributed by atoms with E-state index in [2.05, 4.69) is 27.3 Å². The van der Waals surface area contributed by atoms with Gasteiger partial charge in [0.05, 0.1) is 23.4 Å². The molecule has 11 heteroatoms. The van der Waals surface area contributed by atoms with Gasteiger partial charge in [0.25, 0.3) is 0 Å². The fourth-order valence-corrected chi connectivity index (χ4v) is 4.72. The molecule has 0 radical (unpaired) electrons. The number of fused-ring (bicyclic) bond motifs is 1. The van der Waals surface area contributed by atoms with E-state index in [1.54, 1.807) is 11.3 Å². The van der Waals surface area contributed by atoms with Gasteiger partial charge in [-0.2, -0.15) is 13.2 Å². The maximum absolute atomic E-state index is 10.6. The van der Waals surface area contributed by atoms with Crippen LogP contribution in [0.4, 0.5) is 13.2 Å². The number of halogens is 3. The van der Waals surface area contributed by atoms with Crippen LogP contribution < -0.4 is 0 Å². The van der Waals surface area contributed by atoms with Crippen LogP contribution in [0.1, 0.15) is 28.6 Å². The standard InChI is InChI=1S/C17H23N3O2S.C2HF3O2/c1-11-10-23-17(18-11)6-16-15-3-4-20(7-13(15)9-21-16)8-14-5-12(2)22-19-14;3-2(4,5)1(6)7/h5,10,13,15-16H,3-4,6-9H2,1-2H3;(H,6,7)/t13-,15-,16-;/m1./s1. The minimum atomic E-state index is -5.08. The number of likely N-dealkylation sites (tertiary alicyclic amines) is 1. The Bertz CT molecular complexity index is 854. The van der Waals surface area contributed by atoms with E-state index in [0.29, 0.717) is 17.9 Å². The monoisotopic (exact) mass is 447 g/mol. The first kappa shape index (κ1) is 22.7. The van der Waals surface area contributed by atoms with Crippen molar-refractivity contribution in [1.82, 2.24) is 15.0 Å². The number of rotatable bonds is 4. The van der Waals surface area contributed by atoms with Crippen molar-refractivity contribution in [2.24, 2.45) is 11.8 Å². The number of carboxylic acids is 1. The summed E-state index contributed by atoms with van der Waals surface area (Å²) in [5, 5.41) is 14.6. The molecule has 7 nitrogen and oxygen atoms in total. The molecule has 0 unspecified atom stereocenters. The van der Waals surface area contributed by atoms with E-state index in [4.69, 9.17) is 19.2 Å². The molecule has 2 aromatic heterocycles. The highest BCUT2D eigenvalue weighted by molar-refractivity contribution is 7.09. The first-order valence-corrected chi connectivity index (χ1v) is 10.5. The average Bonchev–Trinajstić information content (AvgIpc) is 3.36. The molecule has 2 fully saturated rings. The number of carbonyl (C=O) groups is 1. The summed E-state index contributed by atoms with van der Waals surface area (Å²) in [7, 11) is 0. The van der Waals surface area contributed by atoms with Crippen LogP contribution in [0.15, 0.2) is 16.0 Å². The van der Waals surface area contributed by atoms with E-state index in [1.165, 1.54) is 11.4 Å². The maximum atomic E-state index is 10.6. The maximum Gasteiger partial charge on any atom is 0.490 e. The Labute approximate surface area is 175 Å². The second kappa shape index (κ2) is 9.44. The molecule has 0 amide bonds. The number of aromatic nitrogens is 2. The minimum absolute atomic E-state index is 0.349. The van der Waals surface area contributed by atoms with Crippen molar-refractivity contribution in [3.05, 3.63) is 33.6 Å². The summed E-state index contributed by atoms with van der Waals surface area (Å²) >= 11 is 1.76. The van der Waals surface area contributed by atoms with Crippen molar-refractivity contribution in [1.29, 1.82) is 0 Å². The lowest BCUT2D eigenvalue weighted by Crippen LogP contribution is -2.41. The summed E-state index contributed by atoms with van der Waals surface area (Å²) in [6.07, 6.45) is -2.56. The van der Waals surface area contributed by atoms with E-state index < -0.39 is 12.1 Å². The quantitative estimate of drug-likeness (QED) is 0.768. The molecule has 0 saturated carbocycles. The molecule has 2 saturated heterocycles. The second-order valence-electron chi connectivity index (χ2n) is 7.64. The Kier molecular flexibility index (Phi) is 7.14. The zero-order valence-corrected chi connectivity index (χ0v) is 17.5. The molecule has 30 heavy (non-hydrogen) atoms. The number of carboxylic acid groups (broad SMARTS) is 1. The molecule has 0 aromatic carbocycles. The van der Waals surface area contributed by atoms with E-state index in [0.717, 1.165) is 49.8 Å². The van der Waals surface area contributed by atoms with Gasteiger partial charge in [0.15, 0.2) is 0 Å². The smallest absolute Gasteiger partial charge is 0.475 e. The first-order valence-electron chi connectivity index (χ1n) is 9.59. The lowest BCUT2D eigenvalue weighted by Gasteiger charge is -2.35. The number of aryl methyl sites for hydroxylation is 2. The summed E-state index contributed by atoms with van der Waals surface area (Å²) < 4.78 is 43.0. The predicted molar refractivity (Wildman–Crippen MR) is 102 cm³/mol. The van der Waals surface area contributed by atoms with Gasteiger partial charge in [0.1, 0.15) is 5.76 Å². The van der Waals surface area contributed by atoms with Gasteiger partial charge in [-0.1, -0.05) is 5.16 Å². The Morgan fingerprint density at radius 1 is 1.40 bits per heavy atom. The predicted octanol–water partition coefficient (Wildman–Crippen LogP) is 3.46. The van der Waals surface area contributed by atoms with Gasteiger partial charge in [-0.25, -0.2) is 9.78 Å². The van der Waals surface area contributed by atoms with E-state index >= 15 is 0 Å². The number of hydrogen-bond acceptors (Lipinski definition) is 7. The van der Waals surface area contributed by atoms with Crippen molar-refractivity contribution in [3.8, 4) is 0 Å². The fourth-order valence-electron chi connectivity index (χ4n) is 3.91. The molecule has 0 spiro atoms. The zero-order chi connectivity index (χ0) is 21.9. The highest BCUT2D eigenvalue weighted by atomic mass is 32.1. The summed E-state index contributed by atoms with van der Waals surface area (Å²) in [4.78, 5) is 16.0. The lowest BCUT2D eigenvalue weighted by atomic mass is 9.83. The number of nitrogens with zero attached hydrogens (tertiary/aromatic N) is 3. The Balaban J connectivity index is 0.000000318. The number of alkyl halides is 3. The molecule has 1 N–H and O–H groups in total. The molecule has 2 aromatic rings. The summed E-state index contributed by atoms with van der Waals surface area (Å²) in [5.41, 5.74) is 2.16. The Morgan fingerprint density at radius 2 is 2.13 bits per heavy atom. The molecule has 2 aliphatic heterocycles. The van der Waals surface area contributed by atoms with Gasteiger partial charge in [-0.15, -0.1) is 11.3 Å². The molecule has 0 bridgehead atoms. The molecule has 4 heterocycles. The van der Waals surface area contributed by atoms with Gasteiger partial charge in [0, 0.05) is 42.6 Å². The molecule has 2 aliphatic rings. The highest BCUT2D eigenvalue weighted by Gasteiger charge is 2.41. The number of piperidine rings is 1. The van der Waals surface area contributed by atoms with Crippen LogP contribution in [0, 0.1) is 25.7 Å². The van der Waals surface area contributed by atoms with Crippen molar-refractivity contribution in [2.45, 2.75) is 45.5 Å². The number of hydrogen-bond donors (Lipinski definition) is 1. The minimum Gasteiger partial charge on any atom is -0.475 e. The first-order chi connectivity index (χ1) is 14.1. The van der Waals surface area contributed by atoms with Crippen molar-refractivity contribution >= 4 is 17.3 Å². The van der Waals surface area contributed by atoms with Gasteiger partial charge in [-0.05, 0) is 32.7 Å². The SMILES string of the molecule is Cc1csc(C[C@H]2OC[C@H]3CN(Cc4cc(C)on4)CC[C@H]32)n1.O=C(O)C(F)(F)F. The van der Waals surface area contributed by atoms with Gasteiger partial charge >= 0.3 is 12.1 Å². The van der Waals surface area contributed by atoms with E-state index in [9.17, 15) is 13.2 Å². The molecular weight excluding hydrogens is 423 g/mol. The average molecular weight is 447 g/mol. The number of ether oxygens (including phenoxy) is 1. The highest BCUT2D eigenvalue weighted by Crippen LogP contribution is 2.36. The van der Waals surface area contributed by atoms with Crippen molar-refractivity contribution < 1.29 is 32.3 Å². The molecular formula is C19H24F3N3O4S. The van der Waals surface area contributed by atoms with Gasteiger partial charge in [0.2, 0.25) is 0 Å². The van der Waals surface area contributed by atoms with Gasteiger partial charge in [-0.3, -0.25) is 4.90 Å². The summed E-state index contributed by atoms with van der Waals surface area (Å²) in [6.45, 7) is 7.99. The lowest BCUT2D eigenvalue weighted by molar-refractivity contribution is -0.192. The summed E-state index contributed by atoms with van der Waals surface area (Å²) in [5.74, 6) is -0.553. The van der Waals surface area contributed by atoms with E-state index in [-0.39, 0.29) is 0 Å². The Morgan fingerprint density at radius 3 is 2.70 bits per heavy atom. The topological polar surface area (TPSA) is 88.7 Å². The van der Waals surface area contributed by atoms with Crippen LogP contribution in [-0.4, -0.2) is 58.1 Å². The summed E-state index contributed by atoms with van der Waals surface area (Å²) in [6, 6.07) is 2.03. The van der Waals surface area contributed by atoms with Crippen LogP contribution in [0.3, 0.4) is 0 Å². The van der Waals surface area contributed by atoms with Crippen LogP contribution in [0.2, 0.25) is 0 Å². The zero-order valence-electron chi connectivity index (χ0n) is 16.7. The van der Waals surface area contributed by atoms with Crippen molar-refractivity contribution in [3.63, 3.8) is 0 Å². The molecule has 166 valence electrons. The molecule has 3 atom stereocenters. The second-order valence-corrected chi connectivity index (χ2v) is 8.58. The molecule has 4 rings (SSSR count). The van der Waals surface area contributed by atoms with E-state index in [1.807, 2.05) is 13.0 Å². The van der Waals surface area contributed by atoms with Crippen LogP contribution in [0.25, 0.3) is 0 Å². The van der Waals surface area contributed by atoms with Crippen LogP contribution in [-0.2, 0) is 22.5 Å². The number of aliphatic carboxylic acids is 1. The van der Waals surface area contributed by atoms with Crippen LogP contribution in [0.5, 0.6) is 0 Å². The largest absolute Gasteiger partial charge is 0.490 e. The third kappa shape index (κ3) is 6.02. The normalized spacial score (nSPS) is 24.2. The number of thiazole rings is 1. The third-order valence-electron chi connectivity index (χ3n) is 5.23. The van der Waals surface area contributed by atoms with Gasteiger partial charge < -0.3 is 14.4 Å². The third-order valence-corrected chi connectivity index (χ3v) is 6.22. The fraction of sp³-hybridized carbons (Fsp3) is 0.632. The van der Waals surface area contributed by atoms with Crippen molar-refractivity contribution in [2.75, 3.05) is 19.7 Å². The van der Waals surface area contributed by atoms with Crippen LogP contribution >= 0.6 is 11.3 Å². The Hall–Kier alpha value is -1.98.